The highest BCUT2D eigenvalue weighted by atomic mass is 16.6. The van der Waals surface area contributed by atoms with Crippen molar-refractivity contribution >= 4 is 64.1 Å². The second-order valence-corrected chi connectivity index (χ2v) is 19.3. The number of nitrogens with two attached hydrogens (primary N) is 2. The average molecular weight is 1030 g/mol. The number of likely N-dealkylation sites (tertiary alicyclic amines) is 1. The average Bonchev–Trinajstić information content (AvgIpc) is 3.92. The Hall–Kier alpha value is -7.58. The number of ether oxygens (including phenoxy) is 2. The van der Waals surface area contributed by atoms with Crippen LogP contribution in [0.1, 0.15) is 87.5 Å². The molecule has 6 amide bonds. The number of nitrogens with one attached hydrogen (secondary N) is 4. The number of anilines is 3. The zero-order valence-electron chi connectivity index (χ0n) is 43.4. The molecule has 0 bridgehead atoms. The lowest BCUT2D eigenvalue weighted by molar-refractivity contribution is -0.140. The molecule has 8 N–H and O–H groups in total. The van der Waals surface area contributed by atoms with Crippen molar-refractivity contribution in [2.24, 2.45) is 11.7 Å². The molecule has 3 atom stereocenters. The number of nitrogens with zero attached hydrogens (tertiary/aromatic N) is 6. The van der Waals surface area contributed by atoms with Gasteiger partial charge in [-0.1, -0.05) is 81.3 Å². The number of hydrogen-bond acceptors (Lipinski definition) is 14. The molecule has 2 saturated heterocycles. The Bertz CT molecular complexity index is 2750. The molecule has 1 unspecified atom stereocenters. The van der Waals surface area contributed by atoms with E-state index < -0.39 is 41.8 Å². The number of carbonyl (C=O) groups excluding carboxylic acids is 6. The van der Waals surface area contributed by atoms with Crippen LogP contribution in [0, 0.1) is 5.92 Å². The summed E-state index contributed by atoms with van der Waals surface area (Å²) < 4.78 is 13.7. The van der Waals surface area contributed by atoms with Crippen LogP contribution in [-0.2, 0) is 54.8 Å². The zero-order valence-corrected chi connectivity index (χ0v) is 43.4. The fraction of sp³-hybridized carbons (Fsp3) is 0.455. The Morgan fingerprint density at radius 3 is 2.29 bits per heavy atom. The van der Waals surface area contributed by atoms with Gasteiger partial charge in [-0.05, 0) is 73.2 Å². The Labute approximate surface area is 438 Å². The predicted molar refractivity (Wildman–Crippen MR) is 286 cm³/mol. The highest BCUT2D eigenvalue weighted by molar-refractivity contribution is 6.03. The minimum absolute atomic E-state index is 0.0339. The Morgan fingerprint density at radius 1 is 0.827 bits per heavy atom. The third-order valence-corrected chi connectivity index (χ3v) is 13.6. The van der Waals surface area contributed by atoms with Crippen molar-refractivity contribution in [1.82, 2.24) is 39.9 Å². The fourth-order valence-electron chi connectivity index (χ4n) is 9.32. The Morgan fingerprint density at radius 2 is 1.59 bits per heavy atom. The first-order chi connectivity index (χ1) is 36.3. The zero-order chi connectivity index (χ0) is 53.3. The summed E-state index contributed by atoms with van der Waals surface area (Å²) >= 11 is 0. The highest BCUT2D eigenvalue weighted by Crippen LogP contribution is 2.28. The highest BCUT2D eigenvalue weighted by Gasteiger charge is 2.36. The number of hydrogen-bond donors (Lipinski definition) is 6. The number of piperazine rings is 1. The van der Waals surface area contributed by atoms with E-state index in [4.69, 9.17) is 20.9 Å². The van der Waals surface area contributed by atoms with Crippen LogP contribution in [0.5, 0.6) is 5.75 Å². The molecule has 2 aromatic heterocycles. The van der Waals surface area contributed by atoms with Crippen LogP contribution in [0.2, 0.25) is 0 Å². The number of nitrogen functional groups attached to an aromatic ring is 1. The molecule has 0 spiro atoms. The van der Waals surface area contributed by atoms with Crippen LogP contribution < -0.4 is 37.5 Å². The van der Waals surface area contributed by atoms with E-state index >= 15 is 0 Å². The lowest BCUT2D eigenvalue weighted by Crippen LogP contribution is -2.53. The van der Waals surface area contributed by atoms with Crippen LogP contribution in [0.4, 0.5) is 22.2 Å². The van der Waals surface area contributed by atoms with Crippen molar-refractivity contribution in [2.45, 2.75) is 103 Å². The molecule has 20 nitrogen and oxygen atoms in total. The summed E-state index contributed by atoms with van der Waals surface area (Å²) in [5.41, 5.74) is 17.6. The van der Waals surface area contributed by atoms with Gasteiger partial charge in [-0.25, -0.2) is 9.78 Å². The van der Waals surface area contributed by atoms with Crippen LogP contribution >= 0.6 is 0 Å². The second kappa shape index (κ2) is 27.1. The maximum Gasteiger partial charge on any atom is 0.410 e. The minimum Gasteiger partial charge on any atom is -0.496 e. The van der Waals surface area contributed by atoms with Crippen LogP contribution in [0.3, 0.4) is 0 Å². The minimum atomic E-state index is -1.05. The molecule has 4 heterocycles. The molecular formula is C55H72N12O8. The Balaban J connectivity index is 0.876. The smallest absolute Gasteiger partial charge is 0.410 e. The molecule has 75 heavy (non-hydrogen) atoms. The van der Waals surface area contributed by atoms with Crippen molar-refractivity contribution in [3.8, 4) is 5.75 Å². The molecule has 20 heteroatoms. The number of unbranched alkanes of at least 4 members (excludes halogenated alkanes) is 3. The number of amides is 6. The number of aromatic nitrogens is 3. The summed E-state index contributed by atoms with van der Waals surface area (Å²) in [6.45, 7) is 8.59. The van der Waals surface area contributed by atoms with Gasteiger partial charge in [0.15, 0.2) is 5.82 Å². The van der Waals surface area contributed by atoms with Crippen molar-refractivity contribution in [1.29, 1.82) is 0 Å². The third-order valence-electron chi connectivity index (χ3n) is 13.6. The van der Waals surface area contributed by atoms with E-state index in [1.54, 1.807) is 43.2 Å². The number of benzene rings is 3. The quantitative estimate of drug-likeness (QED) is 0.0308. The van der Waals surface area contributed by atoms with Gasteiger partial charge in [0.25, 0.3) is 0 Å². The molecule has 400 valence electrons. The molecule has 0 saturated carbocycles. The molecule has 2 fully saturated rings. The largest absolute Gasteiger partial charge is 0.496 e. The van der Waals surface area contributed by atoms with Crippen LogP contribution in [0.15, 0.2) is 85.1 Å². The van der Waals surface area contributed by atoms with E-state index in [1.165, 1.54) is 0 Å². The molecule has 7 rings (SSSR count). The van der Waals surface area contributed by atoms with Gasteiger partial charge in [-0.15, -0.1) is 0 Å². The molecule has 2 aliphatic heterocycles. The van der Waals surface area contributed by atoms with Crippen molar-refractivity contribution in [3.05, 3.63) is 107 Å². The third kappa shape index (κ3) is 15.5. The van der Waals surface area contributed by atoms with Crippen LogP contribution in [0.25, 0.3) is 11.0 Å². The number of imide groups is 1. The standard InChI is InChI=1S/C55H72N12O8/c1-4-5-11-24-58-50-49-43(62-54(57)63-50)21-25-66(49)35-41-18-15-40(33-46(41)74-3)34-64-27-29-65(30-28-64)55(73)75-36-39-16-19-42(20-17-39)59-51(70)44(14-9-10-23-56)61-52(71)45(32-38-12-7-6-8-13-38)60-47(68)22-26-67-48(69)31-37(2)53(67)72/h6-8,12-13,15-21,25,33,37,44-45H,4-5,9-11,14,22-24,26-32,34-36,56H2,1-3H3,(H,59,70)(H,60,68)(H,61,71)(H3,57,58,62,63)/t37?,44-,45+/m1/s1. The number of fused-ring (bicyclic) bond motifs is 1. The summed E-state index contributed by atoms with van der Waals surface area (Å²) in [5, 5.41) is 12.0. The molecule has 0 aliphatic carbocycles. The first kappa shape index (κ1) is 55.2. The summed E-state index contributed by atoms with van der Waals surface area (Å²) in [5.74, 6) is -0.879. The van der Waals surface area contributed by atoms with Gasteiger partial charge in [-0.3, -0.25) is 33.8 Å². The molecule has 3 aromatic carbocycles. The summed E-state index contributed by atoms with van der Waals surface area (Å²) in [6, 6.07) is 22.3. The predicted octanol–water partition coefficient (Wildman–Crippen LogP) is 5.19. The van der Waals surface area contributed by atoms with Gasteiger partial charge >= 0.3 is 6.09 Å². The van der Waals surface area contributed by atoms with E-state index in [0.29, 0.717) is 70.8 Å². The normalized spacial score (nSPS) is 15.7. The first-order valence-corrected chi connectivity index (χ1v) is 26.1. The topological polar surface area (TPSA) is 261 Å². The fourth-order valence-corrected chi connectivity index (χ4v) is 9.32. The van der Waals surface area contributed by atoms with E-state index in [2.05, 4.69) is 65.8 Å². The van der Waals surface area contributed by atoms with Gasteiger partial charge < -0.3 is 51.7 Å². The number of rotatable bonds is 26. The van der Waals surface area contributed by atoms with E-state index in [0.717, 1.165) is 75.6 Å². The second-order valence-electron chi connectivity index (χ2n) is 19.3. The Kier molecular flexibility index (Phi) is 19.9. The molecule has 0 radical (unpaired) electrons. The maximum atomic E-state index is 13.9. The SMILES string of the molecule is CCCCCNc1nc(N)nc2ccn(Cc3ccc(CN4CCN(C(=O)OCc5ccc(NC(=O)[C@@H](CCCCN)NC(=O)[C@H](Cc6ccccc6)NC(=O)CCN6C(=O)CC(C)C6=O)cc5)CC4)cc3OC)c12. The van der Waals surface area contributed by atoms with E-state index in [1.807, 2.05) is 42.6 Å². The van der Waals surface area contributed by atoms with Gasteiger partial charge in [0, 0.05) is 88.4 Å². The van der Waals surface area contributed by atoms with Gasteiger partial charge in [-0.2, -0.15) is 4.98 Å². The first-order valence-electron chi connectivity index (χ1n) is 26.1. The lowest BCUT2D eigenvalue weighted by Gasteiger charge is -2.34. The van der Waals surface area contributed by atoms with Crippen molar-refractivity contribution in [2.75, 3.05) is 69.3 Å². The molecule has 5 aromatic rings. The number of methoxy groups -OCH3 is 1. The van der Waals surface area contributed by atoms with Gasteiger partial charge in [0.05, 0.1) is 19.2 Å². The monoisotopic (exact) mass is 1030 g/mol. The van der Waals surface area contributed by atoms with Crippen molar-refractivity contribution < 1.29 is 38.2 Å². The van der Waals surface area contributed by atoms with Gasteiger partial charge in [0.1, 0.15) is 30.0 Å². The summed E-state index contributed by atoms with van der Waals surface area (Å²) in [4.78, 5) is 92.8. The molecule has 2 aliphatic rings. The number of carbonyl (C=O) groups is 6. The lowest BCUT2D eigenvalue weighted by atomic mass is 10.0. The summed E-state index contributed by atoms with van der Waals surface area (Å²) in [7, 11) is 1.68. The molecular weight excluding hydrogens is 957 g/mol. The van der Waals surface area contributed by atoms with Gasteiger partial charge in [0.2, 0.25) is 35.5 Å². The van der Waals surface area contributed by atoms with Crippen molar-refractivity contribution in [3.63, 3.8) is 0 Å². The van der Waals surface area contributed by atoms with Crippen LogP contribution in [-0.4, -0.2) is 130 Å². The summed E-state index contributed by atoms with van der Waals surface area (Å²) in [6.07, 6.45) is 6.43. The maximum absolute atomic E-state index is 13.9. The van der Waals surface area contributed by atoms with E-state index in [-0.39, 0.29) is 50.2 Å². The van der Waals surface area contributed by atoms with E-state index in [9.17, 15) is 28.8 Å².